The molecule has 0 saturated heterocycles. The highest BCUT2D eigenvalue weighted by Crippen LogP contribution is 2.57. The van der Waals surface area contributed by atoms with Crippen molar-refractivity contribution < 1.29 is 29.3 Å². The zero-order valence-corrected chi connectivity index (χ0v) is 15.8. The van der Waals surface area contributed by atoms with Crippen molar-refractivity contribution in [3.05, 3.63) is 29.3 Å². The van der Waals surface area contributed by atoms with Gasteiger partial charge < -0.3 is 14.9 Å². The van der Waals surface area contributed by atoms with Gasteiger partial charge in [-0.3, -0.25) is 14.4 Å². The number of aliphatic carboxylic acids is 2. The zero-order chi connectivity index (χ0) is 19.8. The van der Waals surface area contributed by atoms with Crippen LogP contribution in [0.15, 0.2) is 18.2 Å². The average Bonchev–Trinajstić information content (AvgIpc) is 2.60. The SMILES string of the molecule is C[C@]1(C(=O)O)CCC[C@]2(C)c3cc(OC(=O)CCC(=O)O)ccc3CC[C@@H]12. The molecule has 146 valence electrons. The summed E-state index contributed by atoms with van der Waals surface area (Å²) in [5.74, 6) is -1.93. The van der Waals surface area contributed by atoms with Crippen molar-refractivity contribution in [2.75, 3.05) is 0 Å². The van der Waals surface area contributed by atoms with E-state index < -0.39 is 23.3 Å². The van der Waals surface area contributed by atoms with Crippen LogP contribution >= 0.6 is 0 Å². The number of aryl methyl sites for hydroxylation is 1. The summed E-state index contributed by atoms with van der Waals surface area (Å²) in [5.41, 5.74) is 1.21. The molecule has 2 aliphatic rings. The van der Waals surface area contributed by atoms with Gasteiger partial charge in [0.25, 0.3) is 0 Å². The monoisotopic (exact) mass is 374 g/mol. The van der Waals surface area contributed by atoms with Crippen LogP contribution < -0.4 is 4.74 Å². The number of carbonyl (C=O) groups excluding carboxylic acids is 1. The highest BCUT2D eigenvalue weighted by molar-refractivity contribution is 5.78. The van der Waals surface area contributed by atoms with E-state index in [2.05, 4.69) is 6.92 Å². The minimum absolute atomic E-state index is 0.0294. The molecule has 6 heteroatoms. The maximum atomic E-state index is 12.0. The first kappa shape index (κ1) is 19.4. The molecule has 1 aromatic carbocycles. The van der Waals surface area contributed by atoms with Crippen molar-refractivity contribution in [3.63, 3.8) is 0 Å². The summed E-state index contributed by atoms with van der Waals surface area (Å²) in [7, 11) is 0. The fourth-order valence-corrected chi connectivity index (χ4v) is 5.15. The highest BCUT2D eigenvalue weighted by Gasteiger charge is 2.55. The molecule has 2 N–H and O–H groups in total. The zero-order valence-electron chi connectivity index (χ0n) is 15.8. The summed E-state index contributed by atoms with van der Waals surface area (Å²) in [6, 6.07) is 5.54. The van der Waals surface area contributed by atoms with E-state index in [1.54, 1.807) is 6.07 Å². The van der Waals surface area contributed by atoms with Crippen LogP contribution in [0.3, 0.4) is 0 Å². The Balaban J connectivity index is 1.89. The summed E-state index contributed by atoms with van der Waals surface area (Å²) >= 11 is 0. The van der Waals surface area contributed by atoms with Gasteiger partial charge in [-0.1, -0.05) is 19.4 Å². The van der Waals surface area contributed by atoms with Crippen LogP contribution in [0.4, 0.5) is 0 Å². The van der Waals surface area contributed by atoms with E-state index in [0.29, 0.717) is 12.2 Å². The second-order valence-corrected chi connectivity index (χ2v) is 8.27. The van der Waals surface area contributed by atoms with Gasteiger partial charge >= 0.3 is 17.9 Å². The first-order valence-electron chi connectivity index (χ1n) is 9.46. The van der Waals surface area contributed by atoms with E-state index in [0.717, 1.165) is 31.2 Å². The Hall–Kier alpha value is -2.37. The lowest BCUT2D eigenvalue weighted by Crippen LogP contribution is -2.52. The molecule has 3 atom stereocenters. The van der Waals surface area contributed by atoms with Crippen molar-refractivity contribution in [1.82, 2.24) is 0 Å². The number of carbonyl (C=O) groups is 3. The first-order valence-corrected chi connectivity index (χ1v) is 9.46. The highest BCUT2D eigenvalue weighted by atomic mass is 16.5. The third-order valence-electron chi connectivity index (χ3n) is 6.59. The second kappa shape index (κ2) is 6.98. The van der Waals surface area contributed by atoms with E-state index >= 15 is 0 Å². The van der Waals surface area contributed by atoms with Crippen LogP contribution in [0.2, 0.25) is 0 Å². The van der Waals surface area contributed by atoms with Crippen molar-refractivity contribution in [3.8, 4) is 5.75 Å². The van der Waals surface area contributed by atoms with Crippen LogP contribution in [0.1, 0.15) is 63.5 Å². The fourth-order valence-electron chi connectivity index (χ4n) is 5.15. The number of esters is 1. The van der Waals surface area contributed by atoms with E-state index in [1.807, 2.05) is 19.1 Å². The van der Waals surface area contributed by atoms with Crippen LogP contribution in [-0.2, 0) is 26.2 Å². The van der Waals surface area contributed by atoms with Crippen molar-refractivity contribution in [1.29, 1.82) is 0 Å². The number of rotatable bonds is 5. The molecule has 0 aliphatic heterocycles. The number of carboxylic acid groups (broad SMARTS) is 2. The predicted molar refractivity (Wildman–Crippen MR) is 97.7 cm³/mol. The lowest BCUT2D eigenvalue weighted by molar-refractivity contribution is -0.157. The summed E-state index contributed by atoms with van der Waals surface area (Å²) in [5, 5.41) is 18.5. The van der Waals surface area contributed by atoms with Crippen LogP contribution in [0.25, 0.3) is 0 Å². The van der Waals surface area contributed by atoms with Gasteiger partial charge in [-0.15, -0.1) is 0 Å². The van der Waals surface area contributed by atoms with Crippen LogP contribution in [-0.4, -0.2) is 28.1 Å². The molecule has 1 saturated carbocycles. The number of hydrogen-bond donors (Lipinski definition) is 2. The molecule has 0 radical (unpaired) electrons. The van der Waals surface area contributed by atoms with E-state index in [-0.39, 0.29) is 24.2 Å². The third kappa shape index (κ3) is 3.45. The summed E-state index contributed by atoms with van der Waals surface area (Å²) in [6.45, 7) is 3.99. The molecule has 0 spiro atoms. The number of fused-ring (bicyclic) bond motifs is 3. The van der Waals surface area contributed by atoms with Gasteiger partial charge in [-0.2, -0.15) is 0 Å². The lowest BCUT2D eigenvalue weighted by Gasteiger charge is -2.53. The summed E-state index contributed by atoms with van der Waals surface area (Å²) in [4.78, 5) is 34.5. The predicted octanol–water partition coefficient (Wildman–Crippen LogP) is 3.55. The quantitative estimate of drug-likeness (QED) is 0.604. The minimum Gasteiger partial charge on any atom is -0.481 e. The normalized spacial score (nSPS) is 29.3. The molecule has 27 heavy (non-hydrogen) atoms. The molecule has 0 heterocycles. The number of hydrogen-bond acceptors (Lipinski definition) is 4. The van der Waals surface area contributed by atoms with Gasteiger partial charge in [-0.25, -0.2) is 0 Å². The Morgan fingerprint density at radius 3 is 2.56 bits per heavy atom. The Kier molecular flexibility index (Phi) is 5.02. The number of carboxylic acids is 2. The van der Waals surface area contributed by atoms with E-state index in [4.69, 9.17) is 9.84 Å². The molecular weight excluding hydrogens is 348 g/mol. The average molecular weight is 374 g/mol. The number of ether oxygens (including phenoxy) is 1. The van der Waals surface area contributed by atoms with E-state index in [9.17, 15) is 19.5 Å². The molecule has 0 aromatic heterocycles. The number of benzene rings is 1. The Bertz CT molecular complexity index is 785. The van der Waals surface area contributed by atoms with Gasteiger partial charge in [0.05, 0.1) is 18.3 Å². The minimum atomic E-state index is -1.04. The molecule has 6 nitrogen and oxygen atoms in total. The molecule has 1 fully saturated rings. The molecule has 0 unspecified atom stereocenters. The van der Waals surface area contributed by atoms with Crippen molar-refractivity contribution >= 4 is 17.9 Å². The molecule has 0 amide bonds. The van der Waals surface area contributed by atoms with Gasteiger partial charge in [0.1, 0.15) is 5.75 Å². The maximum Gasteiger partial charge on any atom is 0.311 e. The Morgan fingerprint density at radius 2 is 1.89 bits per heavy atom. The van der Waals surface area contributed by atoms with Crippen molar-refractivity contribution in [2.45, 2.75) is 64.2 Å². The van der Waals surface area contributed by atoms with Crippen molar-refractivity contribution in [2.24, 2.45) is 11.3 Å². The summed E-state index contributed by atoms with van der Waals surface area (Å²) < 4.78 is 5.34. The second-order valence-electron chi connectivity index (χ2n) is 8.27. The third-order valence-corrected chi connectivity index (χ3v) is 6.59. The largest absolute Gasteiger partial charge is 0.481 e. The maximum absolute atomic E-state index is 12.0. The Morgan fingerprint density at radius 1 is 1.15 bits per heavy atom. The van der Waals surface area contributed by atoms with E-state index in [1.165, 1.54) is 5.56 Å². The van der Waals surface area contributed by atoms with Crippen LogP contribution in [0.5, 0.6) is 5.75 Å². The van der Waals surface area contributed by atoms with Crippen LogP contribution in [0, 0.1) is 11.3 Å². The van der Waals surface area contributed by atoms with Gasteiger partial charge in [0.2, 0.25) is 0 Å². The first-order chi connectivity index (χ1) is 12.7. The molecule has 1 aromatic rings. The topological polar surface area (TPSA) is 101 Å². The molecule has 3 rings (SSSR count). The smallest absolute Gasteiger partial charge is 0.311 e. The van der Waals surface area contributed by atoms with Gasteiger partial charge in [0.15, 0.2) is 0 Å². The lowest BCUT2D eigenvalue weighted by atomic mass is 9.50. The molecule has 2 aliphatic carbocycles. The Labute approximate surface area is 158 Å². The van der Waals surface area contributed by atoms with Gasteiger partial charge in [0, 0.05) is 0 Å². The summed E-state index contributed by atoms with van der Waals surface area (Å²) in [6.07, 6.45) is 3.64. The molecule has 0 bridgehead atoms. The van der Waals surface area contributed by atoms with Gasteiger partial charge in [-0.05, 0) is 67.2 Å². The fraction of sp³-hybridized carbons (Fsp3) is 0.571. The standard InChI is InChI=1S/C21H26O6/c1-20-10-3-11-21(2,19(25)26)16(20)7-5-13-4-6-14(12-15(13)20)27-18(24)9-8-17(22)23/h4,6,12,16H,3,5,7-11H2,1-2H3,(H,22,23)(H,25,26)/t16-,20-,21+/m1/s1. The molecular formula is C21H26O6.